The second-order valence-corrected chi connectivity index (χ2v) is 7.05. The molecule has 1 rings (SSSR count). The molecule has 1 heterocycles. The number of hydrogen-bond acceptors (Lipinski definition) is 5. The number of H-pyrrole nitrogens is 1. The van der Waals surface area contributed by atoms with Gasteiger partial charge in [-0.2, -0.15) is 0 Å². The minimum atomic E-state index is -0.172. The number of aromatic nitrogens is 1. The van der Waals surface area contributed by atoms with Crippen molar-refractivity contribution < 1.29 is 9.53 Å². The maximum Gasteiger partial charge on any atom is 0.307 e. The van der Waals surface area contributed by atoms with Gasteiger partial charge in [0.1, 0.15) is 0 Å². The van der Waals surface area contributed by atoms with Gasteiger partial charge in [0, 0.05) is 29.1 Å². The largest absolute Gasteiger partial charge is 0.466 e. The van der Waals surface area contributed by atoms with E-state index in [4.69, 9.17) is 4.74 Å². The molecular formula is C15H26N2O3S. The Balaban J connectivity index is 2.74. The molecule has 1 N–H and O–H groups in total. The number of nitrogens with one attached hydrogen (secondary N) is 1. The summed E-state index contributed by atoms with van der Waals surface area (Å²) in [5, 5.41) is 0. The van der Waals surface area contributed by atoms with Gasteiger partial charge in [-0.15, -0.1) is 0 Å². The average molecular weight is 314 g/mol. The van der Waals surface area contributed by atoms with Crippen LogP contribution in [0.15, 0.2) is 4.79 Å². The first kappa shape index (κ1) is 17.9. The Hall–Kier alpha value is -1.14. The molecule has 0 aliphatic carbocycles. The van der Waals surface area contributed by atoms with Crippen molar-refractivity contribution in [1.82, 2.24) is 9.88 Å². The second-order valence-electron chi connectivity index (χ2n) is 5.99. The van der Waals surface area contributed by atoms with Gasteiger partial charge in [0.05, 0.1) is 13.0 Å². The van der Waals surface area contributed by atoms with Crippen molar-refractivity contribution in [2.75, 3.05) is 19.7 Å². The number of hydrogen-bond donors (Lipinski definition) is 1. The van der Waals surface area contributed by atoms with E-state index in [1.807, 2.05) is 6.92 Å². The van der Waals surface area contributed by atoms with Crippen LogP contribution in [-0.4, -0.2) is 35.5 Å². The lowest BCUT2D eigenvalue weighted by atomic mass is 9.91. The lowest BCUT2D eigenvalue weighted by molar-refractivity contribution is -0.143. The van der Waals surface area contributed by atoms with E-state index in [0.29, 0.717) is 26.1 Å². The van der Waals surface area contributed by atoms with Crippen molar-refractivity contribution in [3.63, 3.8) is 0 Å². The fourth-order valence-electron chi connectivity index (χ4n) is 2.11. The van der Waals surface area contributed by atoms with Gasteiger partial charge in [0.2, 0.25) is 0 Å². The van der Waals surface area contributed by atoms with Crippen LogP contribution in [0, 0.1) is 0 Å². The summed E-state index contributed by atoms with van der Waals surface area (Å²) in [6.07, 6.45) is 0.381. The normalized spacial score (nSPS) is 11.9. The van der Waals surface area contributed by atoms with E-state index >= 15 is 0 Å². The highest BCUT2D eigenvalue weighted by molar-refractivity contribution is 7.09. The summed E-state index contributed by atoms with van der Waals surface area (Å²) in [4.78, 5) is 29.2. The van der Waals surface area contributed by atoms with Gasteiger partial charge in [-0.1, -0.05) is 39.0 Å². The summed E-state index contributed by atoms with van der Waals surface area (Å²) in [6.45, 7) is 12.7. The minimum Gasteiger partial charge on any atom is -0.466 e. The summed E-state index contributed by atoms with van der Waals surface area (Å²) >= 11 is 1.26. The molecule has 0 aliphatic rings. The molecule has 0 spiro atoms. The maximum atomic E-state index is 11.6. The molecule has 0 saturated heterocycles. The van der Waals surface area contributed by atoms with Crippen molar-refractivity contribution in [3.8, 4) is 0 Å². The van der Waals surface area contributed by atoms with E-state index in [9.17, 15) is 9.59 Å². The number of thiazole rings is 1. The van der Waals surface area contributed by atoms with Crippen LogP contribution in [0.4, 0.5) is 0 Å². The van der Waals surface area contributed by atoms with Crippen LogP contribution < -0.4 is 4.87 Å². The molecule has 0 radical (unpaired) electrons. The standard InChI is InChI=1S/C15H26N2O3S/c1-6-17(9-8-12(18)20-7-2)10-11-13(15(3,4)5)16-14(19)21-11/h6-10H2,1-5H3,(H,16,19). The zero-order valence-corrected chi connectivity index (χ0v) is 14.4. The highest BCUT2D eigenvalue weighted by atomic mass is 32.1. The summed E-state index contributed by atoms with van der Waals surface area (Å²) < 4.78 is 4.95. The summed E-state index contributed by atoms with van der Waals surface area (Å²) in [5.74, 6) is -0.172. The third-order valence-corrected chi connectivity index (χ3v) is 4.09. The van der Waals surface area contributed by atoms with Crippen molar-refractivity contribution >= 4 is 17.3 Å². The van der Waals surface area contributed by atoms with Gasteiger partial charge in [0.25, 0.3) is 0 Å². The van der Waals surface area contributed by atoms with Crippen molar-refractivity contribution in [2.24, 2.45) is 0 Å². The minimum absolute atomic E-state index is 0.0172. The lowest BCUT2D eigenvalue weighted by Gasteiger charge is -2.23. The first-order valence-corrected chi connectivity index (χ1v) is 8.20. The predicted molar refractivity (Wildman–Crippen MR) is 85.8 cm³/mol. The smallest absolute Gasteiger partial charge is 0.307 e. The van der Waals surface area contributed by atoms with Crippen LogP contribution in [0.1, 0.15) is 51.6 Å². The molecule has 120 valence electrons. The fourth-order valence-corrected chi connectivity index (χ4v) is 3.20. The molecule has 0 atom stereocenters. The van der Waals surface area contributed by atoms with E-state index < -0.39 is 0 Å². The quantitative estimate of drug-likeness (QED) is 0.786. The zero-order chi connectivity index (χ0) is 16.0. The molecule has 0 aromatic carbocycles. The second kappa shape index (κ2) is 7.75. The van der Waals surface area contributed by atoms with E-state index in [-0.39, 0.29) is 16.3 Å². The molecule has 0 amide bonds. The van der Waals surface area contributed by atoms with Crippen LogP contribution in [0.2, 0.25) is 0 Å². The van der Waals surface area contributed by atoms with Crippen molar-refractivity contribution in [3.05, 3.63) is 20.2 Å². The van der Waals surface area contributed by atoms with Gasteiger partial charge in [-0.05, 0) is 13.5 Å². The molecule has 1 aromatic rings. The highest BCUT2D eigenvalue weighted by Crippen LogP contribution is 2.26. The number of carbonyl (C=O) groups is 1. The van der Waals surface area contributed by atoms with E-state index in [2.05, 4.69) is 37.6 Å². The SMILES string of the molecule is CCOC(=O)CCN(CC)Cc1sc(=O)[nH]c1C(C)(C)C. The van der Waals surface area contributed by atoms with Crippen molar-refractivity contribution in [1.29, 1.82) is 0 Å². The topological polar surface area (TPSA) is 62.4 Å². The predicted octanol–water partition coefficient (Wildman–Crippen LogP) is 2.51. The number of esters is 1. The first-order chi connectivity index (χ1) is 9.77. The Morgan fingerprint density at radius 3 is 2.52 bits per heavy atom. The van der Waals surface area contributed by atoms with Gasteiger partial charge in [0.15, 0.2) is 0 Å². The molecule has 0 bridgehead atoms. The molecule has 21 heavy (non-hydrogen) atoms. The highest BCUT2D eigenvalue weighted by Gasteiger charge is 2.22. The summed E-state index contributed by atoms with van der Waals surface area (Å²) in [5.41, 5.74) is 0.904. The zero-order valence-electron chi connectivity index (χ0n) is 13.6. The van der Waals surface area contributed by atoms with Gasteiger partial charge in [-0.25, -0.2) is 0 Å². The Kier molecular flexibility index (Phi) is 6.61. The number of nitrogens with zero attached hydrogens (tertiary/aromatic N) is 1. The van der Waals surface area contributed by atoms with E-state index in [0.717, 1.165) is 17.1 Å². The molecule has 5 nitrogen and oxygen atoms in total. The number of rotatable bonds is 7. The van der Waals surface area contributed by atoms with Gasteiger partial charge in [-0.3, -0.25) is 14.5 Å². The molecular weight excluding hydrogens is 288 g/mol. The first-order valence-electron chi connectivity index (χ1n) is 7.38. The third kappa shape index (κ3) is 5.63. The van der Waals surface area contributed by atoms with Crippen LogP contribution in [0.3, 0.4) is 0 Å². The Bertz CT molecular complexity index is 514. The Morgan fingerprint density at radius 2 is 2.00 bits per heavy atom. The summed E-state index contributed by atoms with van der Waals surface area (Å²) in [6, 6.07) is 0. The number of aromatic amines is 1. The monoisotopic (exact) mass is 314 g/mol. The molecule has 6 heteroatoms. The maximum absolute atomic E-state index is 11.6. The van der Waals surface area contributed by atoms with E-state index in [1.54, 1.807) is 0 Å². The van der Waals surface area contributed by atoms with Gasteiger partial charge < -0.3 is 9.72 Å². The molecule has 0 fully saturated rings. The van der Waals surface area contributed by atoms with Crippen LogP contribution in [0.25, 0.3) is 0 Å². The summed E-state index contributed by atoms with van der Waals surface area (Å²) in [7, 11) is 0. The van der Waals surface area contributed by atoms with Crippen LogP contribution >= 0.6 is 11.3 Å². The molecule has 0 unspecified atom stereocenters. The average Bonchev–Trinajstić information content (AvgIpc) is 2.75. The van der Waals surface area contributed by atoms with Gasteiger partial charge >= 0.3 is 10.8 Å². The van der Waals surface area contributed by atoms with Crippen LogP contribution in [-0.2, 0) is 21.5 Å². The number of ether oxygens (including phenoxy) is 1. The lowest BCUT2D eigenvalue weighted by Crippen LogP contribution is -2.27. The third-order valence-electron chi connectivity index (χ3n) is 3.22. The fraction of sp³-hybridized carbons (Fsp3) is 0.733. The Labute approximate surface area is 130 Å². The molecule has 1 aromatic heterocycles. The van der Waals surface area contributed by atoms with E-state index in [1.165, 1.54) is 11.3 Å². The molecule has 0 saturated carbocycles. The molecule has 0 aliphatic heterocycles. The van der Waals surface area contributed by atoms with Crippen molar-refractivity contribution in [2.45, 2.75) is 53.0 Å². The number of carbonyl (C=O) groups excluding carboxylic acids is 1. The van der Waals surface area contributed by atoms with Crippen LogP contribution in [0.5, 0.6) is 0 Å². The Morgan fingerprint density at radius 1 is 1.33 bits per heavy atom.